The van der Waals surface area contributed by atoms with E-state index in [1.54, 1.807) is 42.5 Å². The fourth-order valence-corrected chi connectivity index (χ4v) is 2.04. The van der Waals surface area contributed by atoms with Gasteiger partial charge in [-0.3, -0.25) is 4.79 Å². The van der Waals surface area contributed by atoms with Crippen LogP contribution in [0.15, 0.2) is 51.8 Å². The van der Waals surface area contributed by atoms with Crippen molar-refractivity contribution >= 4 is 51.8 Å². The summed E-state index contributed by atoms with van der Waals surface area (Å²) in [6.45, 7) is 0. The Morgan fingerprint density at radius 2 is 1.83 bits per heavy atom. The number of carbonyl (C=O) groups excluding carboxylic acids is 1. The topological polar surface area (TPSA) is 29.1 Å². The third-order valence-electron chi connectivity index (χ3n) is 2.31. The molecule has 2 rings (SSSR count). The summed E-state index contributed by atoms with van der Waals surface area (Å²) in [5.41, 5.74) is 1.27. The number of amides is 1. The number of halogens is 2. The van der Waals surface area contributed by atoms with Crippen LogP contribution in [0.2, 0.25) is 5.02 Å². The Hall–Kier alpha value is -0.970. The first-order chi connectivity index (χ1) is 8.56. The second kappa shape index (κ2) is 5.78. The van der Waals surface area contributed by atoms with Gasteiger partial charge in [-0.1, -0.05) is 11.6 Å². The first-order valence-corrected chi connectivity index (χ1v) is 6.73. The van der Waals surface area contributed by atoms with E-state index in [1.807, 2.05) is 0 Å². The van der Waals surface area contributed by atoms with Crippen molar-refractivity contribution in [1.82, 2.24) is 0 Å². The molecule has 0 fully saturated rings. The molecule has 1 amide bonds. The fraction of sp³-hybridized carbons (Fsp3) is 0. The molecule has 2 nitrogen and oxygen atoms in total. The molecule has 2 aromatic rings. The largest absolute Gasteiger partial charge is 0.322 e. The Balaban J connectivity index is 2.16. The Labute approximate surface area is 124 Å². The van der Waals surface area contributed by atoms with Crippen LogP contribution in [0.25, 0.3) is 0 Å². The molecule has 2 aromatic carbocycles. The minimum atomic E-state index is -0.169. The van der Waals surface area contributed by atoms with Crippen molar-refractivity contribution < 1.29 is 4.79 Å². The number of nitrogens with one attached hydrogen (secondary N) is 1. The fourth-order valence-electron chi connectivity index (χ4n) is 1.39. The van der Waals surface area contributed by atoms with Gasteiger partial charge >= 0.3 is 0 Å². The molecule has 0 heterocycles. The van der Waals surface area contributed by atoms with Crippen molar-refractivity contribution in [1.29, 1.82) is 0 Å². The van der Waals surface area contributed by atoms with E-state index in [4.69, 9.17) is 11.6 Å². The Morgan fingerprint density at radius 1 is 1.17 bits per heavy atom. The van der Waals surface area contributed by atoms with Crippen LogP contribution in [0.4, 0.5) is 5.69 Å². The highest BCUT2D eigenvalue weighted by Gasteiger charge is 2.06. The average molecular weight is 343 g/mol. The summed E-state index contributed by atoms with van der Waals surface area (Å²) in [5.74, 6) is -0.169. The van der Waals surface area contributed by atoms with Gasteiger partial charge in [0.1, 0.15) is 0 Å². The molecule has 92 valence electrons. The molecule has 18 heavy (non-hydrogen) atoms. The van der Waals surface area contributed by atoms with E-state index in [2.05, 4.69) is 33.9 Å². The van der Waals surface area contributed by atoms with Gasteiger partial charge in [0.15, 0.2) is 0 Å². The summed E-state index contributed by atoms with van der Waals surface area (Å²) < 4.78 is 0.743. The highest BCUT2D eigenvalue weighted by Crippen LogP contribution is 2.25. The van der Waals surface area contributed by atoms with Gasteiger partial charge < -0.3 is 5.32 Å². The van der Waals surface area contributed by atoms with Crippen LogP contribution in [0.1, 0.15) is 10.4 Å². The van der Waals surface area contributed by atoms with Crippen molar-refractivity contribution in [3.8, 4) is 0 Å². The van der Waals surface area contributed by atoms with Gasteiger partial charge in [0.25, 0.3) is 5.91 Å². The van der Waals surface area contributed by atoms with E-state index < -0.39 is 0 Å². The number of benzene rings is 2. The van der Waals surface area contributed by atoms with Crippen molar-refractivity contribution in [2.24, 2.45) is 0 Å². The molecular formula is C13H9BrClNOS. The van der Waals surface area contributed by atoms with E-state index >= 15 is 0 Å². The maximum absolute atomic E-state index is 11.9. The van der Waals surface area contributed by atoms with Crippen LogP contribution in [-0.4, -0.2) is 5.91 Å². The molecule has 0 atom stereocenters. The third-order valence-corrected chi connectivity index (χ3v) is 3.82. The zero-order valence-corrected chi connectivity index (χ0v) is 12.4. The Morgan fingerprint density at radius 3 is 2.44 bits per heavy atom. The SMILES string of the molecule is O=C(Nc1ccc(Cl)c(Br)c1)c1ccc(S)cc1. The van der Waals surface area contributed by atoms with E-state index in [-0.39, 0.29) is 5.91 Å². The molecule has 0 saturated heterocycles. The molecule has 0 bridgehead atoms. The van der Waals surface area contributed by atoms with Crippen LogP contribution >= 0.6 is 40.2 Å². The minimum absolute atomic E-state index is 0.169. The highest BCUT2D eigenvalue weighted by atomic mass is 79.9. The average Bonchev–Trinajstić information content (AvgIpc) is 2.34. The molecule has 0 aliphatic heterocycles. The highest BCUT2D eigenvalue weighted by molar-refractivity contribution is 9.10. The van der Waals surface area contributed by atoms with Crippen LogP contribution in [0, 0.1) is 0 Å². The number of anilines is 1. The third kappa shape index (κ3) is 3.28. The molecular weight excluding hydrogens is 334 g/mol. The second-order valence-electron chi connectivity index (χ2n) is 3.63. The van der Waals surface area contributed by atoms with Gasteiger partial charge in [0.05, 0.1) is 5.02 Å². The van der Waals surface area contributed by atoms with Gasteiger partial charge in [-0.15, -0.1) is 12.6 Å². The van der Waals surface area contributed by atoms with E-state index in [9.17, 15) is 4.79 Å². The second-order valence-corrected chi connectivity index (χ2v) is 5.41. The summed E-state index contributed by atoms with van der Waals surface area (Å²) in [6, 6.07) is 12.2. The van der Waals surface area contributed by atoms with Crippen LogP contribution < -0.4 is 5.32 Å². The summed E-state index contributed by atoms with van der Waals surface area (Å²) in [5, 5.41) is 3.40. The predicted octanol–water partition coefficient (Wildman–Crippen LogP) is 4.64. The van der Waals surface area contributed by atoms with Crippen molar-refractivity contribution in [3.05, 3.63) is 57.5 Å². The summed E-state index contributed by atoms with van der Waals surface area (Å²) in [4.78, 5) is 12.8. The van der Waals surface area contributed by atoms with E-state index in [0.717, 1.165) is 9.37 Å². The molecule has 0 radical (unpaired) electrons. The molecule has 0 aromatic heterocycles. The van der Waals surface area contributed by atoms with Gasteiger partial charge in [-0.25, -0.2) is 0 Å². The lowest BCUT2D eigenvalue weighted by atomic mass is 10.2. The normalized spacial score (nSPS) is 10.2. The van der Waals surface area contributed by atoms with E-state index in [1.165, 1.54) is 0 Å². The molecule has 0 saturated carbocycles. The molecule has 1 N–H and O–H groups in total. The summed E-state index contributed by atoms with van der Waals surface area (Å²) >= 11 is 13.4. The zero-order valence-electron chi connectivity index (χ0n) is 9.15. The molecule has 0 aliphatic carbocycles. The Bertz CT molecular complexity index is 586. The molecule has 0 aliphatic rings. The molecule has 5 heteroatoms. The van der Waals surface area contributed by atoms with Crippen molar-refractivity contribution in [3.63, 3.8) is 0 Å². The van der Waals surface area contributed by atoms with Gasteiger partial charge in [-0.2, -0.15) is 0 Å². The van der Waals surface area contributed by atoms with Gasteiger partial charge in [0, 0.05) is 20.6 Å². The summed E-state index contributed by atoms with van der Waals surface area (Å²) in [6.07, 6.45) is 0. The van der Waals surface area contributed by atoms with Crippen molar-refractivity contribution in [2.45, 2.75) is 4.90 Å². The lowest BCUT2D eigenvalue weighted by molar-refractivity contribution is 0.102. The summed E-state index contributed by atoms with van der Waals surface area (Å²) in [7, 11) is 0. The number of hydrogen-bond donors (Lipinski definition) is 2. The van der Waals surface area contributed by atoms with Crippen LogP contribution in [0.3, 0.4) is 0 Å². The quantitative estimate of drug-likeness (QED) is 0.765. The predicted molar refractivity (Wildman–Crippen MR) is 80.8 cm³/mol. The lowest BCUT2D eigenvalue weighted by Crippen LogP contribution is -2.11. The van der Waals surface area contributed by atoms with Crippen LogP contribution in [0.5, 0.6) is 0 Å². The maximum Gasteiger partial charge on any atom is 0.255 e. The molecule has 0 spiro atoms. The van der Waals surface area contributed by atoms with Gasteiger partial charge in [0.2, 0.25) is 0 Å². The monoisotopic (exact) mass is 341 g/mol. The standard InChI is InChI=1S/C13H9BrClNOS/c14-11-7-9(3-6-12(11)15)16-13(17)8-1-4-10(18)5-2-8/h1-7,18H,(H,16,17). The lowest BCUT2D eigenvalue weighted by Gasteiger charge is -2.06. The number of carbonyl (C=O) groups is 1. The van der Waals surface area contributed by atoms with Crippen molar-refractivity contribution in [2.75, 3.05) is 5.32 Å². The number of thiol groups is 1. The number of hydrogen-bond acceptors (Lipinski definition) is 2. The minimum Gasteiger partial charge on any atom is -0.322 e. The smallest absolute Gasteiger partial charge is 0.255 e. The first kappa shape index (κ1) is 13.5. The van der Waals surface area contributed by atoms with Crippen LogP contribution in [-0.2, 0) is 0 Å². The first-order valence-electron chi connectivity index (χ1n) is 5.12. The molecule has 0 unspecified atom stereocenters. The van der Waals surface area contributed by atoms with E-state index in [0.29, 0.717) is 16.3 Å². The number of rotatable bonds is 2. The maximum atomic E-state index is 11.9. The zero-order chi connectivity index (χ0) is 13.1. The van der Waals surface area contributed by atoms with Gasteiger partial charge in [-0.05, 0) is 58.4 Å². The Kier molecular flexibility index (Phi) is 4.32.